The van der Waals surface area contributed by atoms with E-state index in [1.165, 1.54) is 17.7 Å². The van der Waals surface area contributed by atoms with Gasteiger partial charge >= 0.3 is 0 Å². The van der Waals surface area contributed by atoms with Crippen LogP contribution in [0.25, 0.3) is 0 Å². The molecular formula is C21H27N3O3S. The highest BCUT2D eigenvalue weighted by atomic mass is 32.2. The number of amides is 3. The molecular weight excluding hydrogens is 374 g/mol. The van der Waals surface area contributed by atoms with Crippen LogP contribution < -0.4 is 5.32 Å². The first-order chi connectivity index (χ1) is 13.6. The van der Waals surface area contributed by atoms with Gasteiger partial charge in [0, 0.05) is 49.6 Å². The van der Waals surface area contributed by atoms with Crippen molar-refractivity contribution in [3.8, 4) is 0 Å². The molecule has 1 saturated heterocycles. The molecule has 0 unspecified atom stereocenters. The van der Waals surface area contributed by atoms with E-state index >= 15 is 0 Å². The first-order valence-electron chi connectivity index (χ1n) is 10.2. The monoisotopic (exact) mass is 401 g/mol. The van der Waals surface area contributed by atoms with Crippen LogP contribution in [0.4, 0.5) is 0 Å². The fourth-order valence-electron chi connectivity index (χ4n) is 4.68. The van der Waals surface area contributed by atoms with Crippen LogP contribution in [0.2, 0.25) is 0 Å². The van der Waals surface area contributed by atoms with Gasteiger partial charge in [-0.2, -0.15) is 11.8 Å². The molecule has 6 nitrogen and oxygen atoms in total. The van der Waals surface area contributed by atoms with Gasteiger partial charge in [0.05, 0.1) is 11.1 Å². The van der Waals surface area contributed by atoms with E-state index in [4.69, 9.17) is 0 Å². The van der Waals surface area contributed by atoms with Crippen LogP contribution in [-0.2, 0) is 4.79 Å². The number of benzene rings is 1. The summed E-state index contributed by atoms with van der Waals surface area (Å²) in [6.45, 7) is 2.98. The van der Waals surface area contributed by atoms with Crippen LogP contribution in [0.1, 0.15) is 52.8 Å². The molecule has 1 aliphatic carbocycles. The van der Waals surface area contributed by atoms with E-state index in [1.807, 2.05) is 11.8 Å². The predicted molar refractivity (Wildman–Crippen MR) is 110 cm³/mol. The van der Waals surface area contributed by atoms with Crippen molar-refractivity contribution in [1.29, 1.82) is 0 Å². The standard InChI is InChI=1S/C21H27N3O3S/c25-18(7-10-24-19(26)16-5-1-2-6-17(16)20(24)27)22-15-21(8-3-4-9-21)23-11-13-28-14-12-23/h1-2,5-6H,3-4,7-15H2,(H,22,25). The van der Waals surface area contributed by atoms with Crippen molar-refractivity contribution in [3.63, 3.8) is 0 Å². The maximum atomic E-state index is 12.5. The number of thioether (sulfide) groups is 1. The molecule has 0 bridgehead atoms. The summed E-state index contributed by atoms with van der Waals surface area (Å²) < 4.78 is 0. The summed E-state index contributed by atoms with van der Waals surface area (Å²) in [6, 6.07) is 6.83. The second-order valence-corrected chi connectivity index (χ2v) is 9.09. The number of hydrogen-bond donors (Lipinski definition) is 1. The third-order valence-electron chi connectivity index (χ3n) is 6.27. The molecule has 1 N–H and O–H groups in total. The molecule has 0 spiro atoms. The highest BCUT2D eigenvalue weighted by Crippen LogP contribution is 2.36. The second-order valence-electron chi connectivity index (χ2n) is 7.87. The minimum atomic E-state index is -0.300. The molecule has 2 fully saturated rings. The van der Waals surface area contributed by atoms with Gasteiger partial charge in [0.1, 0.15) is 0 Å². The van der Waals surface area contributed by atoms with Crippen LogP contribution in [0.15, 0.2) is 24.3 Å². The molecule has 3 amide bonds. The average molecular weight is 402 g/mol. The Balaban J connectivity index is 1.31. The van der Waals surface area contributed by atoms with Gasteiger partial charge in [0.25, 0.3) is 11.8 Å². The van der Waals surface area contributed by atoms with Gasteiger partial charge in [-0.25, -0.2) is 0 Å². The van der Waals surface area contributed by atoms with Crippen LogP contribution in [0.5, 0.6) is 0 Å². The number of hydrogen-bond acceptors (Lipinski definition) is 5. The number of imide groups is 1. The predicted octanol–water partition coefficient (Wildman–Crippen LogP) is 2.15. The lowest BCUT2D eigenvalue weighted by atomic mass is 9.94. The molecule has 4 rings (SSSR count). The van der Waals surface area contributed by atoms with Gasteiger partial charge < -0.3 is 5.32 Å². The number of nitrogens with zero attached hydrogens (tertiary/aromatic N) is 2. The van der Waals surface area contributed by atoms with E-state index in [2.05, 4.69) is 10.2 Å². The molecule has 28 heavy (non-hydrogen) atoms. The van der Waals surface area contributed by atoms with Gasteiger partial charge in [-0.1, -0.05) is 25.0 Å². The molecule has 0 atom stereocenters. The number of carbonyl (C=O) groups excluding carboxylic acids is 3. The van der Waals surface area contributed by atoms with E-state index in [0.717, 1.165) is 37.4 Å². The Kier molecular flexibility index (Phi) is 5.73. The number of fused-ring (bicyclic) bond motifs is 1. The largest absolute Gasteiger partial charge is 0.354 e. The van der Waals surface area contributed by atoms with Crippen molar-refractivity contribution < 1.29 is 14.4 Å². The summed E-state index contributed by atoms with van der Waals surface area (Å²) in [4.78, 5) is 41.1. The van der Waals surface area contributed by atoms with Crippen LogP contribution in [0.3, 0.4) is 0 Å². The van der Waals surface area contributed by atoms with E-state index < -0.39 is 0 Å². The summed E-state index contributed by atoms with van der Waals surface area (Å²) in [5, 5.41) is 3.10. The zero-order valence-corrected chi connectivity index (χ0v) is 16.9. The van der Waals surface area contributed by atoms with Crippen molar-refractivity contribution in [2.45, 2.75) is 37.6 Å². The van der Waals surface area contributed by atoms with Crippen LogP contribution >= 0.6 is 11.8 Å². The zero-order valence-electron chi connectivity index (χ0n) is 16.1. The second kappa shape index (κ2) is 8.25. The Labute approximate surface area is 170 Å². The Morgan fingerprint density at radius 2 is 1.64 bits per heavy atom. The van der Waals surface area contributed by atoms with Gasteiger partial charge in [-0.15, -0.1) is 0 Å². The molecule has 3 aliphatic rings. The summed E-state index contributed by atoms with van der Waals surface area (Å²) in [5.41, 5.74) is 0.952. The van der Waals surface area contributed by atoms with Crippen molar-refractivity contribution >= 4 is 29.5 Å². The van der Waals surface area contributed by atoms with E-state index in [9.17, 15) is 14.4 Å². The first kappa shape index (κ1) is 19.5. The molecule has 7 heteroatoms. The fourth-order valence-corrected chi connectivity index (χ4v) is 5.59. The van der Waals surface area contributed by atoms with Crippen LogP contribution in [0, 0.1) is 0 Å². The third kappa shape index (κ3) is 3.70. The minimum Gasteiger partial charge on any atom is -0.354 e. The lowest BCUT2D eigenvalue weighted by molar-refractivity contribution is -0.121. The third-order valence-corrected chi connectivity index (χ3v) is 7.21. The lowest BCUT2D eigenvalue weighted by Crippen LogP contribution is -2.56. The quantitative estimate of drug-likeness (QED) is 0.740. The normalized spacial score (nSPS) is 21.8. The van der Waals surface area contributed by atoms with Crippen molar-refractivity contribution in [3.05, 3.63) is 35.4 Å². The number of carbonyl (C=O) groups is 3. The van der Waals surface area contributed by atoms with Crippen molar-refractivity contribution in [2.75, 3.05) is 37.7 Å². The van der Waals surface area contributed by atoms with Gasteiger partial charge in [-0.3, -0.25) is 24.2 Å². The maximum absolute atomic E-state index is 12.5. The number of nitrogens with one attached hydrogen (secondary N) is 1. The van der Waals surface area contributed by atoms with E-state index in [-0.39, 0.29) is 36.2 Å². The zero-order chi connectivity index (χ0) is 19.6. The molecule has 1 aromatic rings. The SMILES string of the molecule is O=C(CCN1C(=O)c2ccccc2C1=O)NCC1(N2CCSCC2)CCCC1. The van der Waals surface area contributed by atoms with Gasteiger partial charge in [0.15, 0.2) is 0 Å². The van der Waals surface area contributed by atoms with Crippen molar-refractivity contribution in [1.82, 2.24) is 15.1 Å². The molecule has 0 radical (unpaired) electrons. The summed E-state index contributed by atoms with van der Waals surface area (Å²) >= 11 is 2.00. The Morgan fingerprint density at radius 1 is 1.04 bits per heavy atom. The smallest absolute Gasteiger partial charge is 0.261 e. The maximum Gasteiger partial charge on any atom is 0.261 e. The number of rotatable bonds is 6. The summed E-state index contributed by atoms with van der Waals surface area (Å²) in [7, 11) is 0. The fraction of sp³-hybridized carbons (Fsp3) is 0.571. The Bertz CT molecular complexity index is 735. The molecule has 2 aliphatic heterocycles. The average Bonchev–Trinajstić information content (AvgIpc) is 3.31. The summed E-state index contributed by atoms with van der Waals surface area (Å²) in [5.74, 6) is 1.64. The molecule has 1 saturated carbocycles. The topological polar surface area (TPSA) is 69.7 Å². The summed E-state index contributed by atoms with van der Waals surface area (Å²) in [6.07, 6.45) is 4.85. The van der Waals surface area contributed by atoms with E-state index in [0.29, 0.717) is 17.7 Å². The molecule has 150 valence electrons. The minimum absolute atomic E-state index is 0.0887. The molecule has 2 heterocycles. The highest BCUT2D eigenvalue weighted by molar-refractivity contribution is 7.99. The Morgan fingerprint density at radius 3 is 2.25 bits per heavy atom. The lowest BCUT2D eigenvalue weighted by Gasteiger charge is -2.43. The molecule has 1 aromatic carbocycles. The highest BCUT2D eigenvalue weighted by Gasteiger charge is 2.40. The van der Waals surface area contributed by atoms with E-state index in [1.54, 1.807) is 24.3 Å². The molecule has 0 aromatic heterocycles. The van der Waals surface area contributed by atoms with Crippen molar-refractivity contribution in [2.24, 2.45) is 0 Å². The Hall–Kier alpha value is -1.86. The first-order valence-corrected chi connectivity index (χ1v) is 11.3. The van der Waals surface area contributed by atoms with Gasteiger partial charge in [-0.05, 0) is 25.0 Å². The van der Waals surface area contributed by atoms with Gasteiger partial charge in [0.2, 0.25) is 5.91 Å². The van der Waals surface area contributed by atoms with Crippen LogP contribution in [-0.4, -0.2) is 70.7 Å².